The van der Waals surface area contributed by atoms with Crippen LogP contribution in [0.15, 0.2) is 42.5 Å². The zero-order valence-electron chi connectivity index (χ0n) is 13.8. The van der Waals surface area contributed by atoms with Crippen molar-refractivity contribution in [3.8, 4) is 17.0 Å². The maximum atomic E-state index is 11.8. The molecule has 0 unspecified atom stereocenters. The Morgan fingerprint density at radius 3 is 2.42 bits per heavy atom. The number of halogens is 2. The summed E-state index contributed by atoms with van der Waals surface area (Å²) in [6, 6.07) is 13.1. The highest BCUT2D eigenvalue weighted by Crippen LogP contribution is 2.27. The Morgan fingerprint density at radius 1 is 1.08 bits per heavy atom. The number of nitrogens with one attached hydrogen (secondary N) is 1. The molecule has 0 fully saturated rings. The van der Waals surface area contributed by atoms with Crippen LogP contribution in [0.1, 0.15) is 23.0 Å². The summed E-state index contributed by atoms with van der Waals surface area (Å²) in [7, 11) is 0. The van der Waals surface area contributed by atoms with E-state index in [1.54, 1.807) is 13.0 Å². The zero-order valence-corrected chi connectivity index (χ0v) is 15.3. The lowest BCUT2D eigenvalue weighted by Crippen LogP contribution is -2.08. The maximum Gasteiger partial charge on any atom is 0.362 e. The summed E-state index contributed by atoms with van der Waals surface area (Å²) in [5.41, 5.74) is 2.90. The lowest BCUT2D eigenvalue weighted by molar-refractivity contribution is 0.0514. The third kappa shape index (κ3) is 4.33. The molecule has 3 aromatic rings. The standard InChI is InChI=1S/C18H15Cl2N3O3/c1-2-25-18(24)16-17(22-23-21-16)26-10-11-3-5-12(6-4-11)13-7-14(19)9-15(20)8-13/h3-9H,2,10H2,1H3,(H,21,22,23). The van der Waals surface area contributed by atoms with Crippen LogP contribution in [0.3, 0.4) is 0 Å². The minimum atomic E-state index is -0.555. The molecule has 26 heavy (non-hydrogen) atoms. The number of H-pyrrole nitrogens is 1. The van der Waals surface area contributed by atoms with E-state index in [1.807, 2.05) is 36.4 Å². The monoisotopic (exact) mass is 391 g/mol. The van der Waals surface area contributed by atoms with Crippen LogP contribution in [0, 0.1) is 0 Å². The fourth-order valence-electron chi connectivity index (χ4n) is 2.32. The number of hydrogen-bond donors (Lipinski definition) is 1. The van der Waals surface area contributed by atoms with Gasteiger partial charge in [0.25, 0.3) is 5.88 Å². The number of esters is 1. The molecular formula is C18H15Cl2N3O3. The number of benzene rings is 2. The fourth-order valence-corrected chi connectivity index (χ4v) is 2.85. The van der Waals surface area contributed by atoms with Crippen LogP contribution in [-0.4, -0.2) is 28.0 Å². The second-order valence-electron chi connectivity index (χ2n) is 5.36. The van der Waals surface area contributed by atoms with E-state index in [1.165, 1.54) is 0 Å². The second-order valence-corrected chi connectivity index (χ2v) is 6.23. The highest BCUT2D eigenvalue weighted by Gasteiger charge is 2.18. The number of aromatic nitrogens is 3. The van der Waals surface area contributed by atoms with E-state index in [9.17, 15) is 4.79 Å². The predicted molar refractivity (Wildman–Crippen MR) is 98.6 cm³/mol. The first-order valence-electron chi connectivity index (χ1n) is 7.83. The number of carbonyl (C=O) groups excluding carboxylic acids is 1. The molecule has 1 N–H and O–H groups in total. The zero-order chi connectivity index (χ0) is 18.5. The molecule has 8 heteroatoms. The highest BCUT2D eigenvalue weighted by molar-refractivity contribution is 6.35. The van der Waals surface area contributed by atoms with Crippen molar-refractivity contribution in [2.24, 2.45) is 0 Å². The quantitative estimate of drug-likeness (QED) is 0.624. The maximum absolute atomic E-state index is 11.8. The van der Waals surface area contributed by atoms with Crippen molar-refractivity contribution < 1.29 is 14.3 Å². The SMILES string of the molecule is CCOC(=O)c1[nH]nnc1OCc1ccc(-c2cc(Cl)cc(Cl)c2)cc1. The molecule has 0 bridgehead atoms. The van der Waals surface area contributed by atoms with Gasteiger partial charge in [-0.25, -0.2) is 9.89 Å². The van der Waals surface area contributed by atoms with Crippen molar-refractivity contribution in [3.63, 3.8) is 0 Å². The third-order valence-corrected chi connectivity index (χ3v) is 3.96. The van der Waals surface area contributed by atoms with Crippen LogP contribution in [0.5, 0.6) is 5.88 Å². The number of ether oxygens (including phenoxy) is 2. The van der Waals surface area contributed by atoms with Crippen LogP contribution >= 0.6 is 23.2 Å². The van der Waals surface area contributed by atoms with Crippen LogP contribution in [0.4, 0.5) is 0 Å². The molecule has 0 saturated carbocycles. The van der Waals surface area contributed by atoms with E-state index >= 15 is 0 Å². The molecule has 0 atom stereocenters. The highest BCUT2D eigenvalue weighted by atomic mass is 35.5. The van der Waals surface area contributed by atoms with Gasteiger partial charge >= 0.3 is 5.97 Å². The molecule has 0 aliphatic rings. The van der Waals surface area contributed by atoms with Gasteiger partial charge in [-0.3, -0.25) is 0 Å². The normalized spacial score (nSPS) is 10.6. The summed E-state index contributed by atoms with van der Waals surface area (Å²) in [5.74, 6) is -0.449. The van der Waals surface area contributed by atoms with Gasteiger partial charge in [0.15, 0.2) is 0 Å². The molecule has 6 nitrogen and oxygen atoms in total. The second kappa shape index (κ2) is 8.21. The summed E-state index contributed by atoms with van der Waals surface area (Å²) >= 11 is 12.1. The van der Waals surface area contributed by atoms with Crippen molar-refractivity contribution >= 4 is 29.2 Å². The number of rotatable bonds is 6. The molecule has 1 aromatic heterocycles. The summed E-state index contributed by atoms with van der Waals surface area (Å²) in [6.45, 7) is 2.21. The molecule has 0 aliphatic heterocycles. The molecule has 1 heterocycles. The number of hydrogen-bond acceptors (Lipinski definition) is 5. The summed E-state index contributed by atoms with van der Waals surface area (Å²) in [4.78, 5) is 11.8. The van der Waals surface area contributed by atoms with Crippen molar-refractivity contribution in [1.82, 2.24) is 15.4 Å². The smallest absolute Gasteiger partial charge is 0.362 e. The number of nitrogens with zero attached hydrogens (tertiary/aromatic N) is 2. The molecule has 134 valence electrons. The Morgan fingerprint density at radius 2 is 1.77 bits per heavy atom. The van der Waals surface area contributed by atoms with E-state index in [2.05, 4.69) is 15.4 Å². The van der Waals surface area contributed by atoms with Gasteiger partial charge in [0.05, 0.1) is 6.61 Å². The molecule has 0 aliphatic carbocycles. The molecule has 0 radical (unpaired) electrons. The topological polar surface area (TPSA) is 77.1 Å². The first-order valence-corrected chi connectivity index (χ1v) is 8.58. The van der Waals surface area contributed by atoms with Gasteiger partial charge in [0, 0.05) is 10.0 Å². The Labute approximate surface area is 160 Å². The van der Waals surface area contributed by atoms with E-state index < -0.39 is 5.97 Å². The molecule has 2 aromatic carbocycles. The largest absolute Gasteiger partial charge is 0.470 e. The van der Waals surface area contributed by atoms with Gasteiger partial charge in [0.2, 0.25) is 5.69 Å². The molecule has 0 spiro atoms. The van der Waals surface area contributed by atoms with Crippen LogP contribution in [-0.2, 0) is 11.3 Å². The van der Waals surface area contributed by atoms with Crippen molar-refractivity contribution in [2.75, 3.05) is 6.61 Å². The van der Waals surface area contributed by atoms with Gasteiger partial charge in [-0.1, -0.05) is 57.8 Å². The molecule has 0 amide bonds. The molecule has 3 rings (SSSR count). The lowest BCUT2D eigenvalue weighted by Gasteiger charge is -2.07. The minimum absolute atomic E-state index is 0.0945. The van der Waals surface area contributed by atoms with Gasteiger partial charge in [-0.15, -0.1) is 0 Å². The van der Waals surface area contributed by atoms with E-state index in [0.717, 1.165) is 16.7 Å². The average Bonchev–Trinajstić information content (AvgIpc) is 3.08. The molecular weight excluding hydrogens is 377 g/mol. The van der Waals surface area contributed by atoms with Gasteiger partial charge in [-0.2, -0.15) is 0 Å². The van der Waals surface area contributed by atoms with Crippen molar-refractivity contribution in [2.45, 2.75) is 13.5 Å². The predicted octanol–water partition coefficient (Wildman–Crippen LogP) is 4.53. The number of carbonyl (C=O) groups is 1. The van der Waals surface area contributed by atoms with Crippen LogP contribution in [0.2, 0.25) is 10.0 Å². The Bertz CT molecular complexity index is 890. The molecule has 0 saturated heterocycles. The average molecular weight is 392 g/mol. The Hall–Kier alpha value is -2.57. The lowest BCUT2D eigenvalue weighted by atomic mass is 10.0. The Balaban J connectivity index is 1.69. The van der Waals surface area contributed by atoms with Crippen LogP contribution in [0.25, 0.3) is 11.1 Å². The number of aromatic amines is 1. The van der Waals surface area contributed by atoms with E-state index in [-0.39, 0.29) is 24.8 Å². The van der Waals surface area contributed by atoms with Crippen molar-refractivity contribution in [3.05, 3.63) is 63.8 Å². The van der Waals surface area contributed by atoms with Gasteiger partial charge in [0.1, 0.15) is 6.61 Å². The summed E-state index contributed by atoms with van der Waals surface area (Å²) in [6.07, 6.45) is 0. The van der Waals surface area contributed by atoms with Crippen LogP contribution < -0.4 is 4.74 Å². The summed E-state index contributed by atoms with van der Waals surface area (Å²) in [5, 5.41) is 11.0. The Kier molecular flexibility index (Phi) is 5.75. The first-order chi connectivity index (χ1) is 12.6. The minimum Gasteiger partial charge on any atom is -0.470 e. The fraction of sp³-hybridized carbons (Fsp3) is 0.167. The summed E-state index contributed by atoms with van der Waals surface area (Å²) < 4.78 is 10.5. The van der Waals surface area contributed by atoms with E-state index in [4.69, 9.17) is 32.7 Å². The first kappa shape index (κ1) is 18.2. The van der Waals surface area contributed by atoms with E-state index in [0.29, 0.717) is 10.0 Å². The third-order valence-electron chi connectivity index (χ3n) is 3.52. The van der Waals surface area contributed by atoms with Gasteiger partial charge < -0.3 is 9.47 Å². The van der Waals surface area contributed by atoms with Crippen molar-refractivity contribution in [1.29, 1.82) is 0 Å². The van der Waals surface area contributed by atoms with Gasteiger partial charge in [-0.05, 0) is 41.8 Å².